The first-order valence-corrected chi connectivity index (χ1v) is 16.5. The quantitative estimate of drug-likeness (QED) is 0.186. The fraction of sp³-hybridized carbons (Fsp3) is 0.0444. The summed E-state index contributed by atoms with van der Waals surface area (Å²) in [6, 6.07) is 53.8. The summed E-state index contributed by atoms with van der Waals surface area (Å²) in [5.74, 6) is 0.308. The number of hydrogen-bond donors (Lipinski definition) is 0. The number of hydrogen-bond acceptors (Lipinski definition) is 3. The number of fused-ring (bicyclic) bond motifs is 4. The van der Waals surface area contributed by atoms with Crippen molar-refractivity contribution in [2.45, 2.75) is 12.3 Å². The molecule has 2 heterocycles. The molecule has 0 saturated carbocycles. The van der Waals surface area contributed by atoms with E-state index in [1.165, 1.54) is 33.2 Å². The molecule has 1 atom stereocenters. The van der Waals surface area contributed by atoms with Gasteiger partial charge in [0.1, 0.15) is 5.58 Å². The van der Waals surface area contributed by atoms with Crippen molar-refractivity contribution in [1.29, 1.82) is 0 Å². The van der Waals surface area contributed by atoms with Crippen LogP contribution in [0.4, 0.5) is 11.4 Å². The third kappa shape index (κ3) is 5.16. The lowest BCUT2D eigenvalue weighted by Crippen LogP contribution is -2.17. The van der Waals surface area contributed by atoms with Crippen molar-refractivity contribution < 1.29 is 4.42 Å². The van der Waals surface area contributed by atoms with Gasteiger partial charge in [0, 0.05) is 22.7 Å². The SMILES string of the molecule is C1=CC(c2ccc(-c3ccccc3)cc2)CC=C1N(c1cccc(-c2ccccc2)c1)c1cnc2oc3cc4ccccc4cc3c2c1. The Morgan fingerprint density at radius 2 is 1.23 bits per heavy atom. The van der Waals surface area contributed by atoms with E-state index < -0.39 is 0 Å². The fourth-order valence-corrected chi connectivity index (χ4v) is 6.93. The summed E-state index contributed by atoms with van der Waals surface area (Å²) in [5.41, 5.74) is 10.8. The Hall–Kier alpha value is -6.19. The predicted molar refractivity (Wildman–Crippen MR) is 199 cm³/mol. The molecular weight excluding hydrogens is 585 g/mol. The van der Waals surface area contributed by atoms with E-state index in [1.807, 2.05) is 6.20 Å². The highest BCUT2D eigenvalue weighted by Crippen LogP contribution is 2.40. The zero-order chi connectivity index (χ0) is 31.9. The van der Waals surface area contributed by atoms with Crippen molar-refractivity contribution >= 4 is 44.2 Å². The molecule has 0 aliphatic heterocycles. The summed E-state index contributed by atoms with van der Waals surface area (Å²) >= 11 is 0. The molecule has 8 aromatic rings. The van der Waals surface area contributed by atoms with Gasteiger partial charge in [0.2, 0.25) is 5.71 Å². The second-order valence-electron chi connectivity index (χ2n) is 12.4. The Morgan fingerprint density at radius 1 is 0.562 bits per heavy atom. The van der Waals surface area contributed by atoms with Gasteiger partial charge in [-0.05, 0) is 81.4 Å². The minimum atomic E-state index is 0.308. The zero-order valence-corrected chi connectivity index (χ0v) is 26.3. The molecule has 228 valence electrons. The number of furan rings is 1. The van der Waals surface area contributed by atoms with Crippen LogP contribution in [-0.4, -0.2) is 4.98 Å². The van der Waals surface area contributed by atoms with E-state index in [2.05, 4.69) is 175 Å². The number of rotatable bonds is 6. The van der Waals surface area contributed by atoms with Gasteiger partial charge in [-0.3, -0.25) is 0 Å². The molecule has 0 N–H and O–H groups in total. The van der Waals surface area contributed by atoms with Crippen molar-refractivity contribution in [2.24, 2.45) is 0 Å². The molecule has 0 spiro atoms. The van der Waals surface area contributed by atoms with Crippen LogP contribution in [0.3, 0.4) is 0 Å². The first-order valence-electron chi connectivity index (χ1n) is 16.5. The standard InChI is InChI=1S/C45H32N2O/c1-3-10-31(11-4-1)33-18-20-34(21-19-33)35-22-24-39(25-23-35)47(40-17-9-16-36(26-40)32-12-5-2-6-13-32)41-29-43-42-27-37-14-7-8-15-38(37)28-44(42)48-45(43)46-30-41/h1-22,24-30,35H,23H2. The molecule has 1 unspecified atom stereocenters. The van der Waals surface area contributed by atoms with Crippen LogP contribution in [-0.2, 0) is 0 Å². The van der Waals surface area contributed by atoms with E-state index in [9.17, 15) is 0 Å². The monoisotopic (exact) mass is 616 g/mol. The third-order valence-electron chi connectivity index (χ3n) is 9.44. The highest BCUT2D eigenvalue weighted by molar-refractivity contribution is 6.10. The van der Waals surface area contributed by atoms with Crippen LogP contribution in [0.2, 0.25) is 0 Å². The highest BCUT2D eigenvalue weighted by atomic mass is 16.3. The number of aromatic nitrogens is 1. The van der Waals surface area contributed by atoms with Crippen LogP contribution < -0.4 is 4.90 Å². The van der Waals surface area contributed by atoms with Crippen LogP contribution in [0, 0.1) is 0 Å². The van der Waals surface area contributed by atoms with Crippen molar-refractivity contribution in [1.82, 2.24) is 4.98 Å². The molecule has 9 rings (SSSR count). The maximum absolute atomic E-state index is 6.26. The van der Waals surface area contributed by atoms with Crippen LogP contribution in [0.5, 0.6) is 0 Å². The predicted octanol–water partition coefficient (Wildman–Crippen LogP) is 12.2. The molecule has 0 amide bonds. The molecule has 1 aliphatic rings. The molecule has 0 bridgehead atoms. The second-order valence-corrected chi connectivity index (χ2v) is 12.4. The first-order chi connectivity index (χ1) is 23.8. The smallest absolute Gasteiger partial charge is 0.227 e. The van der Waals surface area contributed by atoms with E-state index >= 15 is 0 Å². The summed E-state index contributed by atoms with van der Waals surface area (Å²) in [6.45, 7) is 0. The van der Waals surface area contributed by atoms with Gasteiger partial charge >= 0.3 is 0 Å². The Labute approximate surface area is 279 Å². The van der Waals surface area contributed by atoms with Gasteiger partial charge in [-0.2, -0.15) is 0 Å². The van der Waals surface area contributed by atoms with Crippen molar-refractivity contribution in [3.05, 3.63) is 187 Å². The maximum Gasteiger partial charge on any atom is 0.227 e. The van der Waals surface area contributed by atoms with Crippen LogP contribution in [0.15, 0.2) is 186 Å². The molecule has 48 heavy (non-hydrogen) atoms. The van der Waals surface area contributed by atoms with Crippen molar-refractivity contribution in [2.75, 3.05) is 4.90 Å². The Bertz CT molecular complexity index is 2470. The number of benzene rings is 6. The van der Waals surface area contributed by atoms with Gasteiger partial charge in [-0.25, -0.2) is 4.98 Å². The van der Waals surface area contributed by atoms with Gasteiger partial charge in [-0.15, -0.1) is 0 Å². The maximum atomic E-state index is 6.26. The van der Waals surface area contributed by atoms with E-state index in [0.717, 1.165) is 45.2 Å². The van der Waals surface area contributed by atoms with E-state index in [0.29, 0.717) is 11.6 Å². The van der Waals surface area contributed by atoms with Gasteiger partial charge < -0.3 is 9.32 Å². The van der Waals surface area contributed by atoms with Crippen molar-refractivity contribution in [3.8, 4) is 22.3 Å². The van der Waals surface area contributed by atoms with E-state index in [-0.39, 0.29) is 0 Å². The summed E-state index contributed by atoms with van der Waals surface area (Å²) in [7, 11) is 0. The zero-order valence-electron chi connectivity index (χ0n) is 26.3. The average molecular weight is 617 g/mol. The molecule has 0 radical (unpaired) electrons. The molecule has 6 aromatic carbocycles. The summed E-state index contributed by atoms with van der Waals surface area (Å²) in [5, 5.41) is 4.43. The molecular formula is C45H32N2O. The second kappa shape index (κ2) is 11.9. The average Bonchev–Trinajstić information content (AvgIpc) is 3.52. The normalized spacial score (nSPS) is 14.4. The molecule has 1 aliphatic carbocycles. The Balaban J connectivity index is 1.11. The third-order valence-corrected chi connectivity index (χ3v) is 9.44. The fourth-order valence-electron chi connectivity index (χ4n) is 6.93. The van der Waals surface area contributed by atoms with Crippen LogP contribution in [0.25, 0.3) is 55.1 Å². The van der Waals surface area contributed by atoms with Crippen LogP contribution >= 0.6 is 0 Å². The molecule has 2 aromatic heterocycles. The number of pyridine rings is 1. The minimum Gasteiger partial charge on any atom is -0.438 e. The summed E-state index contributed by atoms with van der Waals surface area (Å²) < 4.78 is 6.26. The summed E-state index contributed by atoms with van der Waals surface area (Å²) in [4.78, 5) is 7.19. The summed E-state index contributed by atoms with van der Waals surface area (Å²) in [6.07, 6.45) is 9.80. The van der Waals surface area contributed by atoms with E-state index in [4.69, 9.17) is 9.40 Å². The number of nitrogens with zero attached hydrogens (tertiary/aromatic N) is 2. The lowest BCUT2D eigenvalue weighted by molar-refractivity contribution is 0.654. The topological polar surface area (TPSA) is 29.3 Å². The van der Waals surface area contributed by atoms with E-state index in [1.54, 1.807) is 0 Å². The van der Waals surface area contributed by atoms with Crippen LogP contribution in [0.1, 0.15) is 17.9 Å². The molecule has 0 fully saturated rings. The molecule has 3 nitrogen and oxygen atoms in total. The number of anilines is 2. The molecule has 3 heteroatoms. The number of allylic oxidation sites excluding steroid dienone is 3. The first kappa shape index (κ1) is 28.1. The highest BCUT2D eigenvalue weighted by Gasteiger charge is 2.21. The lowest BCUT2D eigenvalue weighted by Gasteiger charge is -2.29. The lowest BCUT2D eigenvalue weighted by atomic mass is 9.90. The van der Waals surface area contributed by atoms with Gasteiger partial charge in [0.25, 0.3) is 0 Å². The Kier molecular flexibility index (Phi) is 6.94. The molecule has 0 saturated heterocycles. The van der Waals surface area contributed by atoms with Crippen molar-refractivity contribution in [3.63, 3.8) is 0 Å². The van der Waals surface area contributed by atoms with Gasteiger partial charge in [0.15, 0.2) is 0 Å². The largest absolute Gasteiger partial charge is 0.438 e. The Morgan fingerprint density at radius 3 is 1.96 bits per heavy atom. The van der Waals surface area contributed by atoms with Gasteiger partial charge in [0.05, 0.1) is 17.3 Å². The minimum absolute atomic E-state index is 0.308. The van der Waals surface area contributed by atoms with Gasteiger partial charge in [-0.1, -0.05) is 133 Å².